The molecular formula is C17H17ClN2O4. The van der Waals surface area contributed by atoms with E-state index in [4.69, 9.17) is 20.9 Å². The van der Waals surface area contributed by atoms with Gasteiger partial charge in [0.15, 0.2) is 0 Å². The Balaban J connectivity index is 1.83. The van der Waals surface area contributed by atoms with Crippen LogP contribution in [0.4, 0.5) is 5.69 Å². The number of rotatable bonds is 4. The number of amides is 1. The Morgan fingerprint density at radius 3 is 2.83 bits per heavy atom. The van der Waals surface area contributed by atoms with Gasteiger partial charge in [-0.1, -0.05) is 16.8 Å². The van der Waals surface area contributed by atoms with Gasteiger partial charge in [0.05, 0.1) is 22.5 Å². The van der Waals surface area contributed by atoms with E-state index in [-0.39, 0.29) is 12.5 Å². The Morgan fingerprint density at radius 2 is 2.21 bits per heavy atom. The van der Waals surface area contributed by atoms with Gasteiger partial charge in [0.25, 0.3) is 0 Å². The molecule has 1 aliphatic heterocycles. The minimum atomic E-state index is -0.513. The third-order valence-corrected chi connectivity index (χ3v) is 4.31. The first-order chi connectivity index (χ1) is 11.5. The number of nitrogens with zero attached hydrogens (tertiary/aromatic N) is 2. The molecule has 7 heteroatoms. The highest BCUT2D eigenvalue weighted by atomic mass is 35.5. The molecule has 1 amide bonds. The van der Waals surface area contributed by atoms with Crippen LogP contribution in [0.2, 0.25) is 5.02 Å². The van der Waals surface area contributed by atoms with Crippen LogP contribution in [0.25, 0.3) is 0 Å². The number of benzene rings is 1. The lowest BCUT2D eigenvalue weighted by molar-refractivity contribution is -0.117. The standard InChI is InChI=1S/C17H17ClN2O4/c1-10-14(11(2)24-19-10)9-23-17(22)13-6-5-12(18)8-15(13)20-7-3-4-16(20)21/h5-6,8H,3-4,7,9H2,1-2H3. The number of halogens is 1. The quantitative estimate of drug-likeness (QED) is 0.791. The summed E-state index contributed by atoms with van der Waals surface area (Å²) < 4.78 is 10.4. The van der Waals surface area contributed by atoms with Crippen molar-refractivity contribution in [2.24, 2.45) is 0 Å². The van der Waals surface area contributed by atoms with Gasteiger partial charge in [0.1, 0.15) is 12.4 Å². The third-order valence-electron chi connectivity index (χ3n) is 4.07. The largest absolute Gasteiger partial charge is 0.457 e. The SMILES string of the molecule is Cc1noc(C)c1COC(=O)c1ccc(Cl)cc1N1CCCC1=O. The zero-order valence-corrected chi connectivity index (χ0v) is 14.2. The van der Waals surface area contributed by atoms with Crippen molar-refractivity contribution in [3.63, 3.8) is 0 Å². The van der Waals surface area contributed by atoms with E-state index in [1.165, 1.54) is 0 Å². The van der Waals surface area contributed by atoms with E-state index in [1.54, 1.807) is 36.9 Å². The minimum absolute atomic E-state index is 0.0166. The molecule has 0 N–H and O–H groups in total. The summed E-state index contributed by atoms with van der Waals surface area (Å²) in [6, 6.07) is 4.81. The summed E-state index contributed by atoms with van der Waals surface area (Å²) in [5.41, 5.74) is 2.25. The van der Waals surface area contributed by atoms with Crippen LogP contribution < -0.4 is 4.90 Å². The number of esters is 1. The van der Waals surface area contributed by atoms with Crippen molar-refractivity contribution < 1.29 is 18.8 Å². The summed E-state index contributed by atoms with van der Waals surface area (Å²) in [6.07, 6.45) is 1.24. The van der Waals surface area contributed by atoms with Crippen molar-refractivity contribution in [3.8, 4) is 0 Å². The molecule has 0 unspecified atom stereocenters. The Bertz CT molecular complexity index is 780. The van der Waals surface area contributed by atoms with E-state index in [0.717, 1.165) is 12.0 Å². The normalized spacial score (nSPS) is 14.3. The number of carbonyl (C=O) groups is 2. The molecular weight excluding hydrogens is 332 g/mol. The first-order valence-corrected chi connectivity index (χ1v) is 8.04. The van der Waals surface area contributed by atoms with Crippen LogP contribution in [0.5, 0.6) is 0 Å². The van der Waals surface area contributed by atoms with E-state index in [0.29, 0.717) is 40.7 Å². The molecule has 1 fully saturated rings. The highest BCUT2D eigenvalue weighted by Gasteiger charge is 2.27. The highest BCUT2D eigenvalue weighted by molar-refractivity contribution is 6.31. The predicted octanol–water partition coefficient (Wildman–Crippen LogP) is 3.43. The number of aromatic nitrogens is 1. The molecule has 126 valence electrons. The highest BCUT2D eigenvalue weighted by Crippen LogP contribution is 2.29. The molecule has 0 saturated carbocycles. The Morgan fingerprint density at radius 1 is 1.42 bits per heavy atom. The van der Waals surface area contributed by atoms with Crippen LogP contribution >= 0.6 is 11.6 Å². The molecule has 0 atom stereocenters. The average molecular weight is 349 g/mol. The average Bonchev–Trinajstić information content (AvgIpc) is 3.11. The fraction of sp³-hybridized carbons (Fsp3) is 0.353. The molecule has 2 aromatic rings. The number of hydrogen-bond donors (Lipinski definition) is 0. The van der Waals surface area contributed by atoms with Crippen molar-refractivity contribution in [2.75, 3.05) is 11.4 Å². The lowest BCUT2D eigenvalue weighted by Crippen LogP contribution is -2.26. The number of ether oxygens (including phenoxy) is 1. The van der Waals surface area contributed by atoms with Crippen molar-refractivity contribution in [1.29, 1.82) is 0 Å². The Kier molecular flexibility index (Phi) is 4.57. The molecule has 6 nitrogen and oxygen atoms in total. The zero-order chi connectivity index (χ0) is 17.3. The van der Waals surface area contributed by atoms with Crippen LogP contribution in [0.15, 0.2) is 22.7 Å². The fourth-order valence-corrected chi connectivity index (χ4v) is 2.89. The third kappa shape index (κ3) is 3.14. The van der Waals surface area contributed by atoms with Gasteiger partial charge in [-0.05, 0) is 38.5 Å². The summed E-state index contributed by atoms with van der Waals surface area (Å²) >= 11 is 6.04. The smallest absolute Gasteiger partial charge is 0.340 e. The van der Waals surface area contributed by atoms with Crippen LogP contribution in [-0.2, 0) is 16.1 Å². The molecule has 24 heavy (non-hydrogen) atoms. The molecule has 0 spiro atoms. The number of hydrogen-bond acceptors (Lipinski definition) is 5. The zero-order valence-electron chi connectivity index (χ0n) is 13.5. The molecule has 2 heterocycles. The summed E-state index contributed by atoms with van der Waals surface area (Å²) in [5.74, 6) is 0.0877. The number of carbonyl (C=O) groups excluding carboxylic acids is 2. The van der Waals surface area contributed by atoms with Crippen molar-refractivity contribution in [1.82, 2.24) is 5.16 Å². The maximum absolute atomic E-state index is 12.5. The number of anilines is 1. The summed E-state index contributed by atoms with van der Waals surface area (Å²) in [4.78, 5) is 26.1. The Labute approximate surface area is 144 Å². The van der Waals surface area contributed by atoms with E-state index in [1.807, 2.05) is 0 Å². The topological polar surface area (TPSA) is 72.6 Å². The molecule has 1 aromatic heterocycles. The predicted molar refractivity (Wildman–Crippen MR) is 88.1 cm³/mol. The second kappa shape index (κ2) is 6.65. The summed E-state index contributed by atoms with van der Waals surface area (Å²) in [6.45, 7) is 4.19. The van der Waals surface area contributed by atoms with Gasteiger partial charge in [-0.15, -0.1) is 0 Å². The van der Waals surface area contributed by atoms with Crippen LogP contribution in [-0.4, -0.2) is 23.6 Å². The van der Waals surface area contributed by atoms with Gasteiger partial charge in [0.2, 0.25) is 5.91 Å². The second-order valence-corrected chi connectivity index (χ2v) is 6.13. The van der Waals surface area contributed by atoms with E-state index in [2.05, 4.69) is 5.16 Å². The summed E-state index contributed by atoms with van der Waals surface area (Å²) in [7, 11) is 0. The van der Waals surface area contributed by atoms with E-state index < -0.39 is 5.97 Å². The fourth-order valence-electron chi connectivity index (χ4n) is 2.73. The van der Waals surface area contributed by atoms with E-state index >= 15 is 0 Å². The molecule has 3 rings (SSSR count). The minimum Gasteiger partial charge on any atom is -0.457 e. The molecule has 0 radical (unpaired) electrons. The van der Waals surface area contributed by atoms with Gasteiger partial charge in [-0.2, -0.15) is 0 Å². The van der Waals surface area contributed by atoms with Gasteiger partial charge in [-0.25, -0.2) is 4.79 Å². The van der Waals surface area contributed by atoms with Crippen molar-refractivity contribution >= 4 is 29.2 Å². The molecule has 1 aliphatic rings. The monoisotopic (exact) mass is 348 g/mol. The number of aryl methyl sites for hydroxylation is 2. The first-order valence-electron chi connectivity index (χ1n) is 7.66. The van der Waals surface area contributed by atoms with Gasteiger partial charge in [0, 0.05) is 18.0 Å². The Hall–Kier alpha value is -2.34. The molecule has 1 saturated heterocycles. The van der Waals surface area contributed by atoms with Crippen LogP contribution in [0, 0.1) is 13.8 Å². The molecule has 0 aliphatic carbocycles. The maximum Gasteiger partial charge on any atom is 0.340 e. The van der Waals surface area contributed by atoms with E-state index in [9.17, 15) is 9.59 Å². The lowest BCUT2D eigenvalue weighted by Gasteiger charge is -2.19. The van der Waals surface area contributed by atoms with Gasteiger partial charge < -0.3 is 14.2 Å². The second-order valence-electron chi connectivity index (χ2n) is 5.69. The molecule has 0 bridgehead atoms. The molecule has 1 aromatic carbocycles. The maximum atomic E-state index is 12.5. The lowest BCUT2D eigenvalue weighted by atomic mass is 10.1. The van der Waals surface area contributed by atoms with Gasteiger partial charge in [-0.3, -0.25) is 4.79 Å². The van der Waals surface area contributed by atoms with Gasteiger partial charge >= 0.3 is 5.97 Å². The van der Waals surface area contributed by atoms with Crippen LogP contribution in [0.3, 0.4) is 0 Å². The summed E-state index contributed by atoms with van der Waals surface area (Å²) in [5, 5.41) is 4.30. The first kappa shape index (κ1) is 16.5. The van der Waals surface area contributed by atoms with Crippen molar-refractivity contribution in [2.45, 2.75) is 33.3 Å². The van der Waals surface area contributed by atoms with Crippen LogP contribution in [0.1, 0.15) is 40.2 Å². The van der Waals surface area contributed by atoms with Crippen molar-refractivity contribution in [3.05, 3.63) is 45.8 Å².